The van der Waals surface area contributed by atoms with E-state index in [4.69, 9.17) is 16.3 Å². The lowest BCUT2D eigenvalue weighted by Crippen LogP contribution is -2.26. The smallest absolute Gasteiger partial charge is 0.420 e. The van der Waals surface area contributed by atoms with Gasteiger partial charge in [0.15, 0.2) is 5.65 Å². The highest BCUT2D eigenvalue weighted by atomic mass is 35.5. The van der Waals surface area contributed by atoms with Crippen LogP contribution < -0.4 is 0 Å². The largest absolute Gasteiger partial charge is 0.443 e. The molecule has 0 radical (unpaired) electrons. The Balaban J connectivity index is 2.51. The quantitative estimate of drug-likeness (QED) is 0.595. The van der Waals surface area contributed by atoms with Gasteiger partial charge in [-0.25, -0.2) is 14.3 Å². The standard InChI is InChI=1S/C12H12ClN3O4/c1-12(2,3)20-11(17)15-6-9(13)8-4-7(16(18)19)5-14-10(8)15/h4-6H,1-3H3. The molecule has 2 rings (SSSR count). The Bertz CT molecular complexity index is 703. The van der Waals surface area contributed by atoms with Gasteiger partial charge in [0.25, 0.3) is 5.69 Å². The predicted octanol–water partition coefficient (Wildman–Crippen LogP) is 3.38. The summed E-state index contributed by atoms with van der Waals surface area (Å²) in [6.45, 7) is 5.20. The van der Waals surface area contributed by atoms with Crippen LogP contribution in [0.4, 0.5) is 10.5 Å². The molecular weight excluding hydrogens is 286 g/mol. The second-order valence-electron chi connectivity index (χ2n) is 5.15. The van der Waals surface area contributed by atoms with Crippen molar-refractivity contribution in [1.29, 1.82) is 0 Å². The fourth-order valence-electron chi connectivity index (χ4n) is 1.61. The number of hydrogen-bond donors (Lipinski definition) is 0. The highest BCUT2D eigenvalue weighted by Gasteiger charge is 2.22. The Hall–Kier alpha value is -2.15. The van der Waals surface area contributed by atoms with E-state index < -0.39 is 16.6 Å². The highest BCUT2D eigenvalue weighted by molar-refractivity contribution is 6.35. The van der Waals surface area contributed by atoms with Crippen molar-refractivity contribution >= 4 is 34.4 Å². The molecule has 8 heteroatoms. The summed E-state index contributed by atoms with van der Waals surface area (Å²) in [5.74, 6) is 0. The number of carbonyl (C=O) groups is 1. The normalized spacial score (nSPS) is 11.6. The topological polar surface area (TPSA) is 87.3 Å². The predicted molar refractivity (Wildman–Crippen MR) is 73.0 cm³/mol. The fraction of sp³-hybridized carbons (Fsp3) is 0.333. The first-order valence-electron chi connectivity index (χ1n) is 5.73. The van der Waals surface area contributed by atoms with Crippen LogP contribution in [0, 0.1) is 10.1 Å². The number of ether oxygens (including phenoxy) is 1. The van der Waals surface area contributed by atoms with Crippen LogP contribution in [0.3, 0.4) is 0 Å². The lowest BCUT2D eigenvalue weighted by molar-refractivity contribution is -0.385. The number of nitrogens with zero attached hydrogens (tertiary/aromatic N) is 3. The molecule has 0 aliphatic carbocycles. The van der Waals surface area contributed by atoms with Crippen molar-refractivity contribution in [1.82, 2.24) is 9.55 Å². The van der Waals surface area contributed by atoms with Crippen molar-refractivity contribution in [3.05, 3.63) is 33.6 Å². The minimum Gasteiger partial charge on any atom is -0.443 e. The van der Waals surface area contributed by atoms with Crippen molar-refractivity contribution < 1.29 is 14.5 Å². The molecule has 0 spiro atoms. The van der Waals surface area contributed by atoms with Crippen molar-refractivity contribution in [2.24, 2.45) is 0 Å². The van der Waals surface area contributed by atoms with Gasteiger partial charge in [-0.15, -0.1) is 0 Å². The van der Waals surface area contributed by atoms with E-state index in [0.717, 1.165) is 10.8 Å². The van der Waals surface area contributed by atoms with Gasteiger partial charge < -0.3 is 4.74 Å². The zero-order valence-corrected chi connectivity index (χ0v) is 11.8. The van der Waals surface area contributed by atoms with Crippen molar-refractivity contribution in [3.63, 3.8) is 0 Å². The summed E-state index contributed by atoms with van der Waals surface area (Å²) in [5, 5.41) is 11.2. The lowest BCUT2D eigenvalue weighted by atomic mass is 10.2. The Morgan fingerprint density at radius 2 is 2.15 bits per heavy atom. The molecule has 0 aromatic carbocycles. The summed E-state index contributed by atoms with van der Waals surface area (Å²) in [6.07, 6.45) is 1.76. The van der Waals surface area contributed by atoms with Gasteiger partial charge in [0.1, 0.15) is 11.8 Å². The Morgan fingerprint density at radius 3 is 2.70 bits per heavy atom. The first-order valence-corrected chi connectivity index (χ1v) is 6.11. The zero-order valence-electron chi connectivity index (χ0n) is 11.1. The van der Waals surface area contributed by atoms with E-state index in [0.29, 0.717) is 5.39 Å². The van der Waals surface area contributed by atoms with E-state index in [1.54, 1.807) is 20.8 Å². The van der Waals surface area contributed by atoms with Gasteiger partial charge in [0, 0.05) is 17.6 Å². The SMILES string of the molecule is CC(C)(C)OC(=O)n1cc(Cl)c2cc([N+](=O)[O-])cnc21. The maximum absolute atomic E-state index is 12.0. The minimum atomic E-state index is -0.666. The van der Waals surface area contributed by atoms with Crippen LogP contribution in [0.15, 0.2) is 18.5 Å². The van der Waals surface area contributed by atoms with Crippen LogP contribution in [0.1, 0.15) is 20.8 Å². The molecule has 106 valence electrons. The third-order valence-electron chi connectivity index (χ3n) is 2.38. The first kappa shape index (κ1) is 14.3. The van der Waals surface area contributed by atoms with Gasteiger partial charge >= 0.3 is 6.09 Å². The van der Waals surface area contributed by atoms with E-state index in [1.165, 1.54) is 12.3 Å². The number of rotatable bonds is 1. The maximum Gasteiger partial charge on any atom is 0.420 e. The second-order valence-corrected chi connectivity index (χ2v) is 5.56. The molecule has 7 nitrogen and oxygen atoms in total. The molecule has 20 heavy (non-hydrogen) atoms. The van der Waals surface area contributed by atoms with E-state index >= 15 is 0 Å². The fourth-order valence-corrected chi connectivity index (χ4v) is 1.85. The third kappa shape index (κ3) is 2.72. The van der Waals surface area contributed by atoms with Crippen LogP contribution in [0.25, 0.3) is 11.0 Å². The van der Waals surface area contributed by atoms with Crippen LogP contribution >= 0.6 is 11.6 Å². The van der Waals surface area contributed by atoms with Crippen molar-refractivity contribution in [2.45, 2.75) is 26.4 Å². The molecule has 0 atom stereocenters. The molecule has 0 fully saturated rings. The molecule has 2 aromatic heterocycles. The van der Waals surface area contributed by atoms with Gasteiger partial charge in [-0.05, 0) is 20.8 Å². The monoisotopic (exact) mass is 297 g/mol. The second kappa shape index (κ2) is 4.75. The Labute approximate surface area is 119 Å². The summed E-state index contributed by atoms with van der Waals surface area (Å²) >= 11 is 5.98. The molecule has 0 bridgehead atoms. The molecule has 0 N–H and O–H groups in total. The third-order valence-corrected chi connectivity index (χ3v) is 2.68. The van der Waals surface area contributed by atoms with E-state index in [1.807, 2.05) is 0 Å². The summed E-state index contributed by atoms with van der Waals surface area (Å²) < 4.78 is 6.35. The average molecular weight is 298 g/mol. The van der Waals surface area contributed by atoms with E-state index in [-0.39, 0.29) is 16.4 Å². The summed E-state index contributed by atoms with van der Waals surface area (Å²) in [6, 6.07) is 1.27. The van der Waals surface area contributed by atoms with Gasteiger partial charge in [-0.1, -0.05) is 11.6 Å². The molecule has 0 aliphatic rings. The zero-order chi connectivity index (χ0) is 15.1. The molecule has 0 unspecified atom stereocenters. The molecule has 0 amide bonds. The van der Waals surface area contributed by atoms with E-state index in [9.17, 15) is 14.9 Å². The average Bonchev–Trinajstić information content (AvgIpc) is 2.64. The number of halogens is 1. The maximum atomic E-state index is 12.0. The number of carbonyl (C=O) groups excluding carboxylic acids is 1. The molecule has 2 aromatic rings. The molecular formula is C12H12ClN3O4. The van der Waals surface area contributed by atoms with Gasteiger partial charge in [-0.2, -0.15) is 0 Å². The number of aromatic nitrogens is 2. The van der Waals surface area contributed by atoms with Crippen LogP contribution in [-0.2, 0) is 4.74 Å². The highest BCUT2D eigenvalue weighted by Crippen LogP contribution is 2.28. The van der Waals surface area contributed by atoms with E-state index in [2.05, 4.69) is 4.98 Å². The van der Waals surface area contributed by atoms with Crippen molar-refractivity contribution in [3.8, 4) is 0 Å². The number of fused-ring (bicyclic) bond motifs is 1. The number of nitro groups is 1. The van der Waals surface area contributed by atoms with Crippen LogP contribution in [-0.4, -0.2) is 26.2 Å². The van der Waals surface area contributed by atoms with Crippen LogP contribution in [0.5, 0.6) is 0 Å². The summed E-state index contributed by atoms with van der Waals surface area (Å²) in [7, 11) is 0. The molecule has 0 aliphatic heterocycles. The first-order chi connectivity index (χ1) is 9.19. The summed E-state index contributed by atoms with van der Waals surface area (Å²) in [5.41, 5.74) is -0.641. The number of pyridine rings is 1. The molecule has 2 heterocycles. The van der Waals surface area contributed by atoms with Crippen LogP contribution in [0.2, 0.25) is 5.02 Å². The summed E-state index contributed by atoms with van der Waals surface area (Å²) in [4.78, 5) is 26.1. The molecule has 0 saturated carbocycles. The molecule has 0 saturated heterocycles. The van der Waals surface area contributed by atoms with Crippen molar-refractivity contribution in [2.75, 3.05) is 0 Å². The minimum absolute atomic E-state index is 0.193. The van der Waals surface area contributed by atoms with Gasteiger partial charge in [0.2, 0.25) is 0 Å². The van der Waals surface area contributed by atoms with Gasteiger partial charge in [0.05, 0.1) is 9.95 Å². The Kier molecular flexibility index (Phi) is 3.39. The van der Waals surface area contributed by atoms with Gasteiger partial charge in [-0.3, -0.25) is 10.1 Å². The lowest BCUT2D eigenvalue weighted by Gasteiger charge is -2.19. The Morgan fingerprint density at radius 1 is 1.50 bits per heavy atom. The number of hydrogen-bond acceptors (Lipinski definition) is 5.